The summed E-state index contributed by atoms with van der Waals surface area (Å²) in [5.74, 6) is -1.63. The van der Waals surface area contributed by atoms with Crippen molar-refractivity contribution in [2.24, 2.45) is 0 Å². The third-order valence-electron chi connectivity index (χ3n) is 2.42. The topological polar surface area (TPSA) is 84.0 Å². The number of anilines is 2. The smallest absolute Gasteiger partial charge is 0.265 e. The number of benzene rings is 1. The highest BCUT2D eigenvalue weighted by molar-refractivity contribution is 9.10. The molecule has 0 amide bonds. The maximum atomic E-state index is 13.6. The summed E-state index contributed by atoms with van der Waals surface area (Å²) in [5.41, 5.74) is -0.388. The minimum absolute atomic E-state index is 0.0663. The average molecular weight is 379 g/mol. The number of sulfonamides is 1. The van der Waals surface area contributed by atoms with Crippen LogP contribution in [0.15, 0.2) is 33.9 Å². The van der Waals surface area contributed by atoms with Gasteiger partial charge >= 0.3 is 0 Å². The van der Waals surface area contributed by atoms with Crippen molar-refractivity contribution >= 4 is 37.6 Å². The van der Waals surface area contributed by atoms with Crippen LogP contribution in [-0.4, -0.2) is 25.4 Å². The number of hydrogen-bond acceptors (Lipinski definition) is 5. The molecule has 0 fully saturated rings. The van der Waals surface area contributed by atoms with Gasteiger partial charge in [0.1, 0.15) is 16.5 Å². The van der Waals surface area contributed by atoms with Crippen molar-refractivity contribution in [3.8, 4) is 0 Å². The van der Waals surface area contributed by atoms with Crippen LogP contribution in [0.4, 0.5) is 20.4 Å². The van der Waals surface area contributed by atoms with E-state index in [1.165, 1.54) is 0 Å². The minimum atomic E-state index is -4.08. The molecular formula is C11H9BrF2N4O2S. The summed E-state index contributed by atoms with van der Waals surface area (Å²) >= 11 is 2.85. The third-order valence-corrected chi connectivity index (χ3v) is 4.34. The largest absolute Gasteiger partial charge is 0.357 e. The highest BCUT2D eigenvalue weighted by atomic mass is 79.9. The van der Waals surface area contributed by atoms with E-state index in [1.54, 1.807) is 7.05 Å². The molecule has 21 heavy (non-hydrogen) atoms. The number of hydrogen-bond donors (Lipinski definition) is 2. The Kier molecular flexibility index (Phi) is 4.37. The number of nitrogens with zero attached hydrogens (tertiary/aromatic N) is 2. The second-order valence-electron chi connectivity index (χ2n) is 3.84. The van der Waals surface area contributed by atoms with Crippen molar-refractivity contribution in [3.05, 3.63) is 40.6 Å². The molecule has 2 aromatic rings. The zero-order valence-electron chi connectivity index (χ0n) is 10.6. The average Bonchev–Trinajstić information content (AvgIpc) is 2.44. The van der Waals surface area contributed by atoms with Gasteiger partial charge in [0.15, 0.2) is 0 Å². The number of halogens is 3. The van der Waals surface area contributed by atoms with E-state index in [0.29, 0.717) is 6.07 Å². The van der Waals surface area contributed by atoms with Crippen molar-refractivity contribution in [1.82, 2.24) is 9.97 Å². The van der Waals surface area contributed by atoms with E-state index >= 15 is 0 Å². The van der Waals surface area contributed by atoms with Gasteiger partial charge in [-0.05, 0) is 22.0 Å². The lowest BCUT2D eigenvalue weighted by atomic mass is 10.3. The van der Waals surface area contributed by atoms with Gasteiger partial charge in [0.2, 0.25) is 5.95 Å². The fourth-order valence-corrected chi connectivity index (χ4v) is 2.68. The summed E-state index contributed by atoms with van der Waals surface area (Å²) in [6, 6.07) is 1.56. The Bertz CT molecular complexity index is 769. The molecule has 0 aliphatic carbocycles. The summed E-state index contributed by atoms with van der Waals surface area (Å²) in [5, 5.41) is 2.63. The van der Waals surface area contributed by atoms with Crippen LogP contribution in [0.25, 0.3) is 0 Å². The molecule has 1 aromatic carbocycles. The Morgan fingerprint density at radius 2 is 1.76 bits per heavy atom. The minimum Gasteiger partial charge on any atom is -0.357 e. The quantitative estimate of drug-likeness (QED) is 0.797. The predicted molar refractivity (Wildman–Crippen MR) is 76.4 cm³/mol. The van der Waals surface area contributed by atoms with Crippen LogP contribution in [0.5, 0.6) is 0 Å². The van der Waals surface area contributed by atoms with Crippen molar-refractivity contribution in [1.29, 1.82) is 0 Å². The van der Waals surface area contributed by atoms with Gasteiger partial charge in [-0.3, -0.25) is 4.72 Å². The molecule has 1 aromatic heterocycles. The van der Waals surface area contributed by atoms with Crippen LogP contribution in [-0.2, 0) is 10.0 Å². The van der Waals surface area contributed by atoms with Gasteiger partial charge < -0.3 is 5.32 Å². The van der Waals surface area contributed by atoms with E-state index in [-0.39, 0.29) is 21.0 Å². The first-order valence-corrected chi connectivity index (χ1v) is 7.78. The second-order valence-corrected chi connectivity index (χ2v) is 6.38. The highest BCUT2D eigenvalue weighted by Crippen LogP contribution is 2.25. The lowest BCUT2D eigenvalue weighted by Gasteiger charge is -2.09. The normalized spacial score (nSPS) is 11.2. The first-order chi connectivity index (χ1) is 9.83. The van der Waals surface area contributed by atoms with E-state index in [0.717, 1.165) is 18.5 Å². The maximum Gasteiger partial charge on any atom is 0.265 e. The van der Waals surface area contributed by atoms with Gasteiger partial charge in [0.25, 0.3) is 10.0 Å². The molecule has 1 heterocycles. The van der Waals surface area contributed by atoms with Crippen molar-refractivity contribution < 1.29 is 17.2 Å². The summed E-state index contributed by atoms with van der Waals surface area (Å²) in [6.07, 6.45) is 2.13. The van der Waals surface area contributed by atoms with Gasteiger partial charge in [-0.1, -0.05) is 0 Å². The molecule has 0 bridgehead atoms. The standard InChI is InChI=1S/C11H9BrF2N4O2S/c1-15-11-16-4-6(5-17-11)21(19,20)18-10-2-7(12)8(13)3-9(10)14/h2-5,18H,1H3,(H,15,16,17). The molecule has 0 atom stereocenters. The molecule has 0 saturated carbocycles. The van der Waals surface area contributed by atoms with E-state index < -0.39 is 21.7 Å². The van der Waals surface area contributed by atoms with Crippen molar-refractivity contribution in [2.45, 2.75) is 4.90 Å². The van der Waals surface area contributed by atoms with Crippen LogP contribution in [0.3, 0.4) is 0 Å². The molecule has 0 saturated heterocycles. The summed E-state index contributed by atoms with van der Waals surface area (Å²) in [7, 11) is -2.50. The van der Waals surface area contributed by atoms with Gasteiger partial charge in [0, 0.05) is 13.1 Å². The number of aromatic nitrogens is 2. The molecule has 10 heteroatoms. The Labute approximate surface area is 127 Å². The summed E-state index contributed by atoms with van der Waals surface area (Å²) < 4.78 is 52.7. The third kappa shape index (κ3) is 3.45. The van der Waals surface area contributed by atoms with Crippen LogP contribution in [0.2, 0.25) is 0 Å². The summed E-state index contributed by atoms with van der Waals surface area (Å²) in [4.78, 5) is 7.26. The summed E-state index contributed by atoms with van der Waals surface area (Å²) in [6.45, 7) is 0. The molecule has 0 unspecified atom stereocenters. The van der Waals surface area contributed by atoms with Crippen LogP contribution in [0.1, 0.15) is 0 Å². The van der Waals surface area contributed by atoms with Gasteiger partial charge in [0.05, 0.1) is 22.6 Å². The molecule has 2 N–H and O–H groups in total. The zero-order valence-corrected chi connectivity index (χ0v) is 13.0. The van der Waals surface area contributed by atoms with Crippen molar-refractivity contribution in [2.75, 3.05) is 17.1 Å². The predicted octanol–water partition coefficient (Wildman–Crippen LogP) is 2.36. The molecule has 0 aliphatic rings. The van der Waals surface area contributed by atoms with Gasteiger partial charge in [-0.15, -0.1) is 0 Å². The Balaban J connectivity index is 2.34. The van der Waals surface area contributed by atoms with Crippen LogP contribution >= 0.6 is 15.9 Å². The lowest BCUT2D eigenvalue weighted by Crippen LogP contribution is -2.15. The zero-order chi connectivity index (χ0) is 15.6. The van der Waals surface area contributed by atoms with Gasteiger partial charge in [-0.25, -0.2) is 27.2 Å². The molecule has 2 rings (SSSR count). The molecule has 112 valence electrons. The molecule has 6 nitrogen and oxygen atoms in total. The van der Waals surface area contributed by atoms with E-state index in [2.05, 4.69) is 31.2 Å². The maximum absolute atomic E-state index is 13.6. The monoisotopic (exact) mass is 378 g/mol. The number of rotatable bonds is 4. The lowest BCUT2D eigenvalue weighted by molar-refractivity contribution is 0.579. The fourth-order valence-electron chi connectivity index (χ4n) is 1.39. The van der Waals surface area contributed by atoms with E-state index in [4.69, 9.17) is 0 Å². The SMILES string of the molecule is CNc1ncc(S(=O)(=O)Nc2cc(Br)c(F)cc2F)cn1. The molecular weight excluding hydrogens is 370 g/mol. The fraction of sp³-hybridized carbons (Fsp3) is 0.0909. The second kappa shape index (κ2) is 5.90. The van der Waals surface area contributed by atoms with Gasteiger partial charge in [-0.2, -0.15) is 0 Å². The van der Waals surface area contributed by atoms with Crippen LogP contribution in [0, 0.1) is 11.6 Å². The number of nitrogens with one attached hydrogen (secondary N) is 2. The van der Waals surface area contributed by atoms with Crippen molar-refractivity contribution in [3.63, 3.8) is 0 Å². The van der Waals surface area contributed by atoms with E-state index in [1.807, 2.05) is 4.72 Å². The van der Waals surface area contributed by atoms with Crippen LogP contribution < -0.4 is 10.0 Å². The molecule has 0 aliphatic heterocycles. The Hall–Kier alpha value is -1.81. The van der Waals surface area contributed by atoms with E-state index in [9.17, 15) is 17.2 Å². The first kappa shape index (κ1) is 15.6. The molecule has 0 spiro atoms. The highest BCUT2D eigenvalue weighted by Gasteiger charge is 2.18. The molecule has 0 radical (unpaired) electrons. The first-order valence-electron chi connectivity index (χ1n) is 5.50. The Morgan fingerprint density at radius 3 is 2.33 bits per heavy atom. The Morgan fingerprint density at radius 1 is 1.14 bits per heavy atom.